The number of esters is 1. The zero-order valence-electron chi connectivity index (χ0n) is 14.9. The smallest absolute Gasteiger partial charge is 0.338 e. The quantitative estimate of drug-likeness (QED) is 0.728. The van der Waals surface area contributed by atoms with Crippen LogP contribution >= 0.6 is 11.3 Å². The first kappa shape index (κ1) is 19.7. The number of amides is 2. The second-order valence-electron chi connectivity index (χ2n) is 6.19. The van der Waals surface area contributed by atoms with Gasteiger partial charge < -0.3 is 15.4 Å². The van der Waals surface area contributed by atoms with Crippen LogP contribution in [-0.4, -0.2) is 30.4 Å². The van der Waals surface area contributed by atoms with Crippen molar-refractivity contribution in [2.24, 2.45) is 5.92 Å². The highest BCUT2D eigenvalue weighted by Crippen LogP contribution is 2.15. The van der Waals surface area contributed by atoms with Crippen LogP contribution in [0.2, 0.25) is 0 Å². The number of hydrogen-bond acceptors (Lipinski definition) is 5. The summed E-state index contributed by atoms with van der Waals surface area (Å²) in [7, 11) is 0. The minimum atomic E-state index is -0.621. The third kappa shape index (κ3) is 5.70. The highest BCUT2D eigenvalue weighted by molar-refractivity contribution is 7.12. The SMILES string of the molecule is CC(C)[C@@H](C)NC(=O)COC(=O)c1cccc(NC(=O)c2cccs2)c1. The lowest BCUT2D eigenvalue weighted by Crippen LogP contribution is -2.38. The van der Waals surface area contributed by atoms with Crippen molar-refractivity contribution in [3.8, 4) is 0 Å². The number of anilines is 1. The van der Waals surface area contributed by atoms with Crippen molar-refractivity contribution in [3.63, 3.8) is 0 Å². The average Bonchev–Trinajstić information content (AvgIpc) is 3.14. The predicted molar refractivity (Wildman–Crippen MR) is 101 cm³/mol. The van der Waals surface area contributed by atoms with E-state index in [9.17, 15) is 14.4 Å². The molecular weight excluding hydrogens is 352 g/mol. The van der Waals surface area contributed by atoms with Crippen LogP contribution in [0.3, 0.4) is 0 Å². The maximum atomic E-state index is 12.1. The van der Waals surface area contributed by atoms with E-state index < -0.39 is 5.97 Å². The summed E-state index contributed by atoms with van der Waals surface area (Å²) >= 11 is 1.33. The second-order valence-corrected chi connectivity index (χ2v) is 7.14. The molecule has 1 aromatic heterocycles. The summed E-state index contributed by atoms with van der Waals surface area (Å²) in [6.45, 7) is 5.53. The van der Waals surface area contributed by atoms with Crippen LogP contribution in [0, 0.1) is 5.92 Å². The molecule has 0 saturated heterocycles. The van der Waals surface area contributed by atoms with Gasteiger partial charge in [-0.1, -0.05) is 26.0 Å². The van der Waals surface area contributed by atoms with Gasteiger partial charge in [-0.3, -0.25) is 9.59 Å². The Hall–Kier alpha value is -2.67. The summed E-state index contributed by atoms with van der Waals surface area (Å²) in [5.74, 6) is -0.919. The number of benzene rings is 1. The number of rotatable bonds is 7. The largest absolute Gasteiger partial charge is 0.452 e. The fourth-order valence-corrected chi connectivity index (χ4v) is 2.62. The number of ether oxygens (including phenoxy) is 1. The number of hydrogen-bond donors (Lipinski definition) is 2. The van der Waals surface area contributed by atoms with Crippen LogP contribution < -0.4 is 10.6 Å². The molecule has 1 aromatic carbocycles. The molecule has 2 aromatic rings. The van der Waals surface area contributed by atoms with Crippen LogP contribution in [0.15, 0.2) is 41.8 Å². The monoisotopic (exact) mass is 374 g/mol. The van der Waals surface area contributed by atoms with E-state index in [-0.39, 0.29) is 30.0 Å². The van der Waals surface area contributed by atoms with Crippen molar-refractivity contribution in [2.45, 2.75) is 26.8 Å². The minimum absolute atomic E-state index is 0.00278. The number of nitrogens with one attached hydrogen (secondary N) is 2. The fraction of sp³-hybridized carbons (Fsp3) is 0.316. The van der Waals surface area contributed by atoms with Crippen molar-refractivity contribution < 1.29 is 19.1 Å². The van der Waals surface area contributed by atoms with Gasteiger partial charge in [0.25, 0.3) is 11.8 Å². The van der Waals surface area contributed by atoms with Crippen LogP contribution in [-0.2, 0) is 9.53 Å². The van der Waals surface area contributed by atoms with Crippen molar-refractivity contribution in [1.82, 2.24) is 5.32 Å². The summed E-state index contributed by atoms with van der Waals surface area (Å²) in [5, 5.41) is 7.31. The lowest BCUT2D eigenvalue weighted by atomic mass is 10.1. The van der Waals surface area contributed by atoms with Gasteiger partial charge in [0.15, 0.2) is 6.61 Å². The molecule has 0 fully saturated rings. The van der Waals surface area contributed by atoms with E-state index in [0.29, 0.717) is 16.5 Å². The zero-order valence-corrected chi connectivity index (χ0v) is 15.8. The molecule has 0 aliphatic heterocycles. The number of carbonyl (C=O) groups excluding carboxylic acids is 3. The van der Waals surface area contributed by atoms with Crippen LogP contribution in [0.1, 0.15) is 40.8 Å². The summed E-state index contributed by atoms with van der Waals surface area (Å²) in [5.41, 5.74) is 0.745. The molecule has 0 spiro atoms. The third-order valence-corrected chi connectivity index (χ3v) is 4.69. The standard InChI is InChI=1S/C19H22N2O4S/c1-12(2)13(3)20-17(22)11-25-19(24)14-6-4-7-15(10-14)21-18(23)16-8-5-9-26-16/h4-10,12-13H,11H2,1-3H3,(H,20,22)(H,21,23)/t13-/m1/s1. The second kappa shape index (κ2) is 9.15. The highest BCUT2D eigenvalue weighted by atomic mass is 32.1. The fourth-order valence-electron chi connectivity index (χ4n) is 2.00. The molecule has 2 amide bonds. The van der Waals surface area contributed by atoms with E-state index in [1.807, 2.05) is 26.2 Å². The van der Waals surface area contributed by atoms with Crippen LogP contribution in [0.5, 0.6) is 0 Å². The molecule has 0 aliphatic carbocycles. The highest BCUT2D eigenvalue weighted by Gasteiger charge is 2.15. The Kier molecular flexibility index (Phi) is 6.91. The van der Waals surface area contributed by atoms with E-state index in [2.05, 4.69) is 10.6 Å². The maximum absolute atomic E-state index is 12.1. The van der Waals surface area contributed by atoms with Crippen molar-refractivity contribution >= 4 is 34.8 Å². The summed E-state index contributed by atoms with van der Waals surface area (Å²) in [6.07, 6.45) is 0. The molecule has 0 bridgehead atoms. The molecule has 2 N–H and O–H groups in total. The van der Waals surface area contributed by atoms with Crippen LogP contribution in [0.25, 0.3) is 0 Å². The molecule has 6 nitrogen and oxygen atoms in total. The molecule has 0 aliphatic rings. The third-order valence-electron chi connectivity index (χ3n) is 3.82. The summed E-state index contributed by atoms with van der Waals surface area (Å²) in [4.78, 5) is 36.6. The van der Waals surface area contributed by atoms with Gasteiger partial charge in [-0.2, -0.15) is 0 Å². The Balaban J connectivity index is 1.91. The Bertz CT molecular complexity index is 772. The average molecular weight is 374 g/mol. The number of carbonyl (C=O) groups is 3. The lowest BCUT2D eigenvalue weighted by molar-refractivity contribution is -0.125. The van der Waals surface area contributed by atoms with Gasteiger partial charge in [-0.25, -0.2) is 4.79 Å². The van der Waals surface area contributed by atoms with E-state index in [4.69, 9.17) is 4.74 Å². The van der Waals surface area contributed by atoms with E-state index in [1.165, 1.54) is 17.4 Å². The lowest BCUT2D eigenvalue weighted by Gasteiger charge is -2.17. The molecule has 26 heavy (non-hydrogen) atoms. The summed E-state index contributed by atoms with van der Waals surface area (Å²) in [6, 6.07) is 9.91. The molecule has 0 saturated carbocycles. The molecular formula is C19H22N2O4S. The Morgan fingerprint density at radius 2 is 1.88 bits per heavy atom. The molecule has 2 rings (SSSR count). The van der Waals surface area contributed by atoms with Crippen molar-refractivity contribution in [3.05, 3.63) is 52.2 Å². The van der Waals surface area contributed by atoms with Gasteiger partial charge in [-0.05, 0) is 42.5 Å². The van der Waals surface area contributed by atoms with Gasteiger partial charge in [-0.15, -0.1) is 11.3 Å². The molecule has 7 heteroatoms. The molecule has 1 heterocycles. The first-order valence-corrected chi connectivity index (χ1v) is 9.16. The van der Waals surface area contributed by atoms with E-state index in [1.54, 1.807) is 30.3 Å². The van der Waals surface area contributed by atoms with Gasteiger partial charge in [0, 0.05) is 11.7 Å². The number of thiophene rings is 1. The summed E-state index contributed by atoms with van der Waals surface area (Å²) < 4.78 is 5.04. The van der Waals surface area contributed by atoms with E-state index in [0.717, 1.165) is 0 Å². The van der Waals surface area contributed by atoms with Gasteiger partial charge in [0.1, 0.15) is 0 Å². The zero-order chi connectivity index (χ0) is 19.1. The Morgan fingerprint density at radius 3 is 2.54 bits per heavy atom. The minimum Gasteiger partial charge on any atom is -0.452 e. The van der Waals surface area contributed by atoms with Gasteiger partial charge >= 0.3 is 5.97 Å². The molecule has 0 radical (unpaired) electrons. The Labute approximate surface area is 156 Å². The van der Waals surface area contributed by atoms with Gasteiger partial charge in [0.2, 0.25) is 0 Å². The van der Waals surface area contributed by atoms with Crippen molar-refractivity contribution in [2.75, 3.05) is 11.9 Å². The predicted octanol–water partition coefficient (Wildman–Crippen LogP) is 3.32. The van der Waals surface area contributed by atoms with Crippen molar-refractivity contribution in [1.29, 1.82) is 0 Å². The molecule has 0 unspecified atom stereocenters. The van der Waals surface area contributed by atoms with E-state index >= 15 is 0 Å². The van der Waals surface area contributed by atoms with Gasteiger partial charge in [0.05, 0.1) is 10.4 Å². The van der Waals surface area contributed by atoms with Crippen LogP contribution in [0.4, 0.5) is 5.69 Å². The molecule has 1 atom stereocenters. The topological polar surface area (TPSA) is 84.5 Å². The first-order valence-electron chi connectivity index (χ1n) is 8.28. The maximum Gasteiger partial charge on any atom is 0.338 e. The normalized spacial score (nSPS) is 11.7. The Morgan fingerprint density at radius 1 is 1.12 bits per heavy atom. The molecule has 138 valence electrons. The first-order chi connectivity index (χ1) is 12.4.